The van der Waals surface area contributed by atoms with Crippen LogP contribution in [0.1, 0.15) is 36.0 Å². The number of anilines is 1. The maximum atomic E-state index is 13.0. The average Bonchev–Trinajstić information content (AvgIpc) is 3.01. The van der Waals surface area contributed by atoms with Crippen LogP contribution in [0.15, 0.2) is 30.3 Å². The topological polar surface area (TPSA) is 72.9 Å². The average molecular weight is 347 g/mol. The van der Waals surface area contributed by atoms with Crippen molar-refractivity contribution in [1.29, 1.82) is 0 Å². The maximum absolute atomic E-state index is 13.0. The highest BCUT2D eigenvalue weighted by Crippen LogP contribution is 2.37. The first-order valence-corrected chi connectivity index (χ1v) is 7.84. The lowest BCUT2D eigenvalue weighted by atomic mass is 10.00. The Balaban J connectivity index is 2.76. The van der Waals surface area contributed by atoms with Crippen LogP contribution in [-0.4, -0.2) is 46.0 Å². The highest BCUT2D eigenvalue weighted by atomic mass is 32.1. The molecular formula is C17H17NO5S. The van der Waals surface area contributed by atoms with Gasteiger partial charge in [-0.15, -0.1) is 11.3 Å². The number of benzene rings is 1. The third kappa shape index (κ3) is 3.16. The predicted molar refractivity (Wildman–Crippen MR) is 91.2 cm³/mol. The van der Waals surface area contributed by atoms with Crippen molar-refractivity contribution in [1.82, 2.24) is 0 Å². The maximum Gasteiger partial charge on any atom is 0.349 e. The number of rotatable bonds is 5. The number of nitrogens with zero attached hydrogens (tertiary/aromatic N) is 1. The number of ketones is 1. The summed E-state index contributed by atoms with van der Waals surface area (Å²) in [6.45, 7) is 0. The highest BCUT2D eigenvalue weighted by Gasteiger charge is 2.33. The Morgan fingerprint density at radius 2 is 1.50 bits per heavy atom. The van der Waals surface area contributed by atoms with Crippen molar-refractivity contribution in [3.8, 4) is 0 Å². The molecule has 0 atom stereocenters. The van der Waals surface area contributed by atoms with Gasteiger partial charge in [0, 0.05) is 19.7 Å². The van der Waals surface area contributed by atoms with Crippen LogP contribution in [0.4, 0.5) is 5.00 Å². The summed E-state index contributed by atoms with van der Waals surface area (Å²) < 4.78 is 9.52. The van der Waals surface area contributed by atoms with Gasteiger partial charge in [0.05, 0.1) is 25.3 Å². The van der Waals surface area contributed by atoms with Crippen LogP contribution in [0.25, 0.3) is 0 Å². The molecule has 0 saturated carbocycles. The molecule has 0 aliphatic rings. The minimum absolute atomic E-state index is 0.0485. The quantitative estimate of drug-likeness (QED) is 0.611. The van der Waals surface area contributed by atoms with Gasteiger partial charge in [-0.25, -0.2) is 9.59 Å². The van der Waals surface area contributed by atoms with Gasteiger partial charge in [-0.05, 0) is 0 Å². The molecule has 126 valence electrons. The molecule has 0 aliphatic heterocycles. The van der Waals surface area contributed by atoms with E-state index in [-0.39, 0.29) is 21.8 Å². The minimum atomic E-state index is -0.751. The number of carbonyl (C=O) groups is 3. The van der Waals surface area contributed by atoms with Gasteiger partial charge in [0.2, 0.25) is 0 Å². The van der Waals surface area contributed by atoms with Crippen molar-refractivity contribution < 1.29 is 23.9 Å². The van der Waals surface area contributed by atoms with Crippen LogP contribution in [0, 0.1) is 0 Å². The van der Waals surface area contributed by atoms with Crippen LogP contribution in [0.5, 0.6) is 0 Å². The SMILES string of the molecule is COC(=O)c1sc(N(C)C)c(C(=O)c2ccccc2)c1C(=O)OC. The van der Waals surface area contributed by atoms with Crippen molar-refractivity contribution in [2.75, 3.05) is 33.2 Å². The molecule has 0 N–H and O–H groups in total. The van der Waals surface area contributed by atoms with Crippen molar-refractivity contribution in [2.45, 2.75) is 0 Å². The van der Waals surface area contributed by atoms with E-state index in [2.05, 4.69) is 0 Å². The Morgan fingerprint density at radius 3 is 2.00 bits per heavy atom. The van der Waals surface area contributed by atoms with Gasteiger partial charge in [-0.3, -0.25) is 4.79 Å². The molecule has 1 aromatic heterocycles. The minimum Gasteiger partial charge on any atom is -0.465 e. The second-order valence-electron chi connectivity index (χ2n) is 5.06. The molecule has 7 heteroatoms. The van der Waals surface area contributed by atoms with Gasteiger partial charge in [0.15, 0.2) is 5.78 Å². The molecule has 0 aliphatic carbocycles. The standard InChI is InChI=1S/C17H17NO5S/c1-18(2)15-11(13(19)10-8-6-5-7-9-10)12(16(20)22-3)14(24-15)17(21)23-4/h5-9H,1-4H3. The Bertz CT molecular complexity index is 780. The Kier molecular flexibility index (Phi) is 5.35. The lowest BCUT2D eigenvalue weighted by molar-refractivity contribution is 0.0558. The lowest BCUT2D eigenvalue weighted by Crippen LogP contribution is -2.16. The number of ether oxygens (including phenoxy) is 2. The molecule has 6 nitrogen and oxygen atoms in total. The van der Waals surface area contributed by atoms with E-state index in [4.69, 9.17) is 9.47 Å². The Labute approximate surface area is 143 Å². The van der Waals surface area contributed by atoms with Gasteiger partial charge < -0.3 is 14.4 Å². The number of methoxy groups -OCH3 is 2. The molecule has 0 spiro atoms. The summed E-state index contributed by atoms with van der Waals surface area (Å²) in [4.78, 5) is 39.0. The van der Waals surface area contributed by atoms with Crippen molar-refractivity contribution >= 4 is 34.1 Å². The third-order valence-corrected chi connectivity index (χ3v) is 4.66. The molecule has 0 fully saturated rings. The van der Waals surface area contributed by atoms with Crippen LogP contribution < -0.4 is 4.90 Å². The summed E-state index contributed by atoms with van der Waals surface area (Å²) in [5.41, 5.74) is 0.496. The molecule has 0 amide bonds. The summed E-state index contributed by atoms with van der Waals surface area (Å²) >= 11 is 1.02. The molecule has 1 aromatic carbocycles. The number of hydrogen-bond acceptors (Lipinski definition) is 7. The zero-order valence-corrected chi connectivity index (χ0v) is 14.6. The molecule has 2 aromatic rings. The normalized spacial score (nSPS) is 10.2. The first-order valence-electron chi connectivity index (χ1n) is 7.02. The summed E-state index contributed by atoms with van der Waals surface area (Å²) in [5.74, 6) is -1.79. The Hall–Kier alpha value is -2.67. The molecule has 24 heavy (non-hydrogen) atoms. The van der Waals surface area contributed by atoms with Gasteiger partial charge in [0.1, 0.15) is 9.88 Å². The van der Waals surface area contributed by atoms with Gasteiger partial charge in [0.25, 0.3) is 0 Å². The summed E-state index contributed by atoms with van der Waals surface area (Å²) in [6, 6.07) is 8.55. The first kappa shape index (κ1) is 17.7. The van der Waals surface area contributed by atoms with Crippen molar-refractivity contribution in [3.63, 3.8) is 0 Å². The lowest BCUT2D eigenvalue weighted by Gasteiger charge is -2.13. The second-order valence-corrected chi connectivity index (χ2v) is 6.06. The van der Waals surface area contributed by atoms with Crippen LogP contribution in [0.3, 0.4) is 0 Å². The largest absolute Gasteiger partial charge is 0.465 e. The molecule has 0 radical (unpaired) electrons. The first-order chi connectivity index (χ1) is 11.4. The summed E-state index contributed by atoms with van der Waals surface area (Å²) in [7, 11) is 5.88. The van der Waals surface area contributed by atoms with E-state index in [0.717, 1.165) is 11.3 Å². The second kappa shape index (κ2) is 7.27. The van der Waals surface area contributed by atoms with Gasteiger partial charge >= 0.3 is 11.9 Å². The zero-order chi connectivity index (χ0) is 17.9. The van der Waals surface area contributed by atoms with E-state index in [0.29, 0.717) is 10.6 Å². The Morgan fingerprint density at radius 1 is 0.917 bits per heavy atom. The molecule has 0 saturated heterocycles. The van der Waals surface area contributed by atoms with E-state index in [1.807, 2.05) is 0 Å². The molecule has 0 bridgehead atoms. The zero-order valence-electron chi connectivity index (χ0n) is 13.8. The predicted octanol–water partition coefficient (Wildman–Crippen LogP) is 2.62. The fourth-order valence-corrected chi connectivity index (χ4v) is 3.34. The van der Waals surface area contributed by atoms with E-state index in [1.165, 1.54) is 14.2 Å². The fourth-order valence-electron chi connectivity index (χ4n) is 2.21. The van der Waals surface area contributed by atoms with E-state index < -0.39 is 11.9 Å². The van der Waals surface area contributed by atoms with E-state index in [9.17, 15) is 14.4 Å². The van der Waals surface area contributed by atoms with Gasteiger partial charge in [-0.2, -0.15) is 0 Å². The van der Waals surface area contributed by atoms with Crippen LogP contribution >= 0.6 is 11.3 Å². The smallest absolute Gasteiger partial charge is 0.349 e. The van der Waals surface area contributed by atoms with Crippen LogP contribution in [-0.2, 0) is 9.47 Å². The summed E-state index contributed by atoms with van der Waals surface area (Å²) in [6.07, 6.45) is 0. The monoisotopic (exact) mass is 347 g/mol. The highest BCUT2D eigenvalue weighted by molar-refractivity contribution is 7.18. The third-order valence-electron chi connectivity index (χ3n) is 3.32. The van der Waals surface area contributed by atoms with E-state index >= 15 is 0 Å². The number of esters is 2. The summed E-state index contributed by atoms with van der Waals surface area (Å²) in [5, 5.41) is 0.490. The van der Waals surface area contributed by atoms with Crippen LogP contribution in [0.2, 0.25) is 0 Å². The molecular weight excluding hydrogens is 330 g/mol. The van der Waals surface area contributed by atoms with Crippen molar-refractivity contribution in [3.05, 3.63) is 51.9 Å². The molecule has 1 heterocycles. The fraction of sp³-hybridized carbons (Fsp3) is 0.235. The van der Waals surface area contributed by atoms with Gasteiger partial charge in [-0.1, -0.05) is 30.3 Å². The number of hydrogen-bond donors (Lipinski definition) is 0. The van der Waals surface area contributed by atoms with E-state index in [1.54, 1.807) is 49.3 Å². The molecule has 0 unspecified atom stereocenters. The van der Waals surface area contributed by atoms with Crippen molar-refractivity contribution in [2.24, 2.45) is 0 Å². The molecule has 2 rings (SSSR count). The number of carbonyl (C=O) groups excluding carboxylic acids is 3. The number of thiophene rings is 1.